The summed E-state index contributed by atoms with van der Waals surface area (Å²) < 4.78 is 5.29. The molecule has 7 heteroatoms. The Bertz CT molecular complexity index is 1080. The molecule has 0 N–H and O–H groups in total. The molecule has 0 fully saturated rings. The zero-order valence-electron chi connectivity index (χ0n) is 13.7. The Kier molecular flexibility index (Phi) is 4.10. The van der Waals surface area contributed by atoms with Crippen LogP contribution in [0.25, 0.3) is 22.5 Å². The van der Waals surface area contributed by atoms with E-state index in [0.29, 0.717) is 28.8 Å². The molecule has 0 amide bonds. The highest BCUT2D eigenvalue weighted by atomic mass is 16.6. The first-order chi connectivity index (χ1) is 12.7. The number of nitro groups is 1. The minimum absolute atomic E-state index is 0.0480. The Labute approximate surface area is 148 Å². The number of rotatable bonds is 5. The van der Waals surface area contributed by atoms with Gasteiger partial charge in [-0.25, -0.2) is 4.98 Å². The summed E-state index contributed by atoms with van der Waals surface area (Å²) in [6.45, 7) is 0. The number of hydrogen-bond acceptors (Lipinski definition) is 6. The van der Waals surface area contributed by atoms with Crippen LogP contribution in [0.2, 0.25) is 0 Å². The topological polar surface area (TPSA) is 95.0 Å². The summed E-state index contributed by atoms with van der Waals surface area (Å²) in [5.41, 5.74) is 1.87. The average Bonchev–Trinajstić information content (AvgIpc) is 3.15. The van der Waals surface area contributed by atoms with Gasteiger partial charge in [0, 0.05) is 17.9 Å². The molecule has 0 bridgehead atoms. The smallest absolute Gasteiger partial charge is 0.295 e. The molecule has 0 aliphatic heterocycles. The van der Waals surface area contributed by atoms with Crippen molar-refractivity contribution in [3.63, 3.8) is 0 Å². The predicted molar refractivity (Wildman–Crippen MR) is 95.5 cm³/mol. The van der Waals surface area contributed by atoms with Crippen LogP contribution in [0.1, 0.15) is 11.4 Å². The molecule has 128 valence electrons. The summed E-state index contributed by atoms with van der Waals surface area (Å²) in [7, 11) is 0. The zero-order valence-corrected chi connectivity index (χ0v) is 13.7. The van der Waals surface area contributed by atoms with E-state index in [1.807, 2.05) is 30.3 Å². The number of aryl methyl sites for hydroxylation is 2. The van der Waals surface area contributed by atoms with Crippen LogP contribution >= 0.6 is 0 Å². The summed E-state index contributed by atoms with van der Waals surface area (Å²) in [6.07, 6.45) is 1.44. The van der Waals surface area contributed by atoms with Crippen molar-refractivity contribution in [1.82, 2.24) is 15.1 Å². The summed E-state index contributed by atoms with van der Waals surface area (Å²) in [5, 5.41) is 15.9. The van der Waals surface area contributed by atoms with E-state index in [9.17, 15) is 10.1 Å². The Hall–Kier alpha value is -3.61. The first-order valence-corrected chi connectivity index (χ1v) is 8.12. The number of pyridine rings is 1. The van der Waals surface area contributed by atoms with Crippen molar-refractivity contribution < 1.29 is 9.45 Å². The molecule has 2 aromatic heterocycles. The highest BCUT2D eigenvalue weighted by molar-refractivity contribution is 5.88. The highest BCUT2D eigenvalue weighted by Crippen LogP contribution is 2.26. The fourth-order valence-electron chi connectivity index (χ4n) is 2.76. The van der Waals surface area contributed by atoms with Gasteiger partial charge in [-0.05, 0) is 18.1 Å². The molecule has 0 radical (unpaired) electrons. The number of nitrogens with zero attached hydrogens (tertiary/aromatic N) is 4. The van der Waals surface area contributed by atoms with Gasteiger partial charge in [-0.1, -0.05) is 53.7 Å². The van der Waals surface area contributed by atoms with Crippen molar-refractivity contribution in [3.05, 3.63) is 82.2 Å². The minimum Gasteiger partial charge on any atom is -0.332 e. The maximum atomic E-state index is 11.2. The van der Waals surface area contributed by atoms with Crippen molar-refractivity contribution in [3.8, 4) is 11.6 Å². The van der Waals surface area contributed by atoms with Crippen molar-refractivity contribution in [2.75, 3.05) is 0 Å². The number of nitro benzene ring substituents is 1. The molecule has 2 heterocycles. The highest BCUT2D eigenvalue weighted by Gasteiger charge is 2.16. The van der Waals surface area contributed by atoms with Gasteiger partial charge in [0.2, 0.25) is 0 Å². The van der Waals surface area contributed by atoms with Gasteiger partial charge in [0.25, 0.3) is 11.6 Å². The Morgan fingerprint density at radius 1 is 0.923 bits per heavy atom. The number of non-ortho nitro benzene ring substituents is 1. The van der Waals surface area contributed by atoms with Gasteiger partial charge in [0.05, 0.1) is 4.92 Å². The molecular formula is C19H14N4O3. The summed E-state index contributed by atoms with van der Waals surface area (Å²) >= 11 is 0. The van der Waals surface area contributed by atoms with Gasteiger partial charge in [0.15, 0.2) is 5.82 Å². The third-order valence-corrected chi connectivity index (χ3v) is 4.06. The van der Waals surface area contributed by atoms with E-state index in [4.69, 9.17) is 4.52 Å². The second-order valence-electron chi connectivity index (χ2n) is 5.80. The number of para-hydroxylation sites is 1. The molecule has 0 aliphatic carbocycles. The molecule has 7 nitrogen and oxygen atoms in total. The lowest BCUT2D eigenvalue weighted by Gasteiger charge is -2.00. The molecule has 4 aromatic rings. The van der Waals surface area contributed by atoms with Gasteiger partial charge < -0.3 is 4.52 Å². The summed E-state index contributed by atoms with van der Waals surface area (Å²) in [4.78, 5) is 19.5. The van der Waals surface area contributed by atoms with Gasteiger partial charge in [-0.15, -0.1) is 0 Å². The van der Waals surface area contributed by atoms with Crippen molar-refractivity contribution >= 4 is 16.6 Å². The number of benzene rings is 2. The largest absolute Gasteiger partial charge is 0.332 e. The number of fused-ring (bicyclic) bond motifs is 1. The molecule has 26 heavy (non-hydrogen) atoms. The predicted octanol–water partition coefficient (Wildman–Crippen LogP) is 3.98. The van der Waals surface area contributed by atoms with E-state index >= 15 is 0 Å². The summed E-state index contributed by atoms with van der Waals surface area (Å²) in [6, 6.07) is 18.4. The quantitative estimate of drug-likeness (QED) is 0.401. The fourth-order valence-corrected chi connectivity index (χ4v) is 2.76. The lowest BCUT2D eigenvalue weighted by atomic mass is 10.1. The van der Waals surface area contributed by atoms with Crippen molar-refractivity contribution in [1.29, 1.82) is 0 Å². The SMILES string of the molecule is O=[N+]([O-])c1cccc2ccc(-c3nc(CCc4ccccc4)no3)nc12. The Balaban J connectivity index is 1.61. The zero-order chi connectivity index (χ0) is 17.9. The van der Waals surface area contributed by atoms with Crippen LogP contribution in [0.5, 0.6) is 0 Å². The van der Waals surface area contributed by atoms with E-state index in [1.165, 1.54) is 11.6 Å². The van der Waals surface area contributed by atoms with E-state index in [0.717, 1.165) is 6.42 Å². The maximum Gasteiger partial charge on any atom is 0.295 e. The van der Waals surface area contributed by atoms with E-state index < -0.39 is 4.92 Å². The Morgan fingerprint density at radius 3 is 2.58 bits per heavy atom. The maximum absolute atomic E-state index is 11.2. The fraction of sp³-hybridized carbons (Fsp3) is 0.105. The lowest BCUT2D eigenvalue weighted by Crippen LogP contribution is -1.94. The second-order valence-corrected chi connectivity index (χ2v) is 5.80. The molecule has 2 aromatic carbocycles. The molecular weight excluding hydrogens is 332 g/mol. The second kappa shape index (κ2) is 6.72. The standard InChI is InChI=1S/C19H14N4O3/c24-23(25)16-8-4-7-14-10-11-15(20-18(14)16)19-21-17(22-26-19)12-9-13-5-2-1-3-6-13/h1-8,10-11H,9,12H2. The average molecular weight is 346 g/mol. The van der Waals surface area contributed by atoms with E-state index in [1.54, 1.807) is 24.3 Å². The third-order valence-electron chi connectivity index (χ3n) is 4.06. The van der Waals surface area contributed by atoms with Gasteiger partial charge in [-0.2, -0.15) is 4.98 Å². The van der Waals surface area contributed by atoms with Crippen LogP contribution in [0.3, 0.4) is 0 Å². The van der Waals surface area contributed by atoms with Crippen molar-refractivity contribution in [2.45, 2.75) is 12.8 Å². The minimum atomic E-state index is -0.446. The van der Waals surface area contributed by atoms with Crippen LogP contribution in [-0.2, 0) is 12.8 Å². The van der Waals surface area contributed by atoms with Crippen molar-refractivity contribution in [2.24, 2.45) is 0 Å². The Morgan fingerprint density at radius 2 is 1.77 bits per heavy atom. The molecule has 0 atom stereocenters. The van der Waals surface area contributed by atoms with Crippen LogP contribution in [0.15, 0.2) is 65.2 Å². The lowest BCUT2D eigenvalue weighted by molar-refractivity contribution is -0.383. The van der Waals surface area contributed by atoms with Crippen LogP contribution in [0, 0.1) is 10.1 Å². The summed E-state index contributed by atoms with van der Waals surface area (Å²) in [5.74, 6) is 0.835. The third kappa shape index (κ3) is 3.14. The number of hydrogen-bond donors (Lipinski definition) is 0. The first-order valence-electron chi connectivity index (χ1n) is 8.12. The molecule has 0 spiro atoms. The molecule has 0 unspecified atom stereocenters. The normalized spacial score (nSPS) is 10.9. The van der Waals surface area contributed by atoms with Gasteiger partial charge >= 0.3 is 0 Å². The monoisotopic (exact) mass is 346 g/mol. The number of aromatic nitrogens is 3. The van der Waals surface area contributed by atoms with E-state index in [2.05, 4.69) is 15.1 Å². The van der Waals surface area contributed by atoms with Crippen LogP contribution < -0.4 is 0 Å². The molecule has 0 aliphatic rings. The molecule has 4 rings (SSSR count). The molecule has 0 saturated carbocycles. The van der Waals surface area contributed by atoms with Gasteiger partial charge in [-0.3, -0.25) is 10.1 Å². The molecule has 0 saturated heterocycles. The van der Waals surface area contributed by atoms with Gasteiger partial charge in [0.1, 0.15) is 11.2 Å². The van der Waals surface area contributed by atoms with E-state index in [-0.39, 0.29) is 11.6 Å². The van der Waals surface area contributed by atoms with Crippen LogP contribution in [0.4, 0.5) is 5.69 Å². The van der Waals surface area contributed by atoms with Crippen LogP contribution in [-0.4, -0.2) is 20.0 Å². The first kappa shape index (κ1) is 15.9.